The maximum atomic E-state index is 6.38. The van der Waals surface area contributed by atoms with E-state index in [9.17, 15) is 0 Å². The summed E-state index contributed by atoms with van der Waals surface area (Å²) < 4.78 is 0. The SMILES string of the molecule is NC(CCc1ccccc1)c1ccc2c(c1)CCCC2. The molecular weight excluding hydrogens is 242 g/mol. The van der Waals surface area contributed by atoms with Crippen molar-refractivity contribution >= 4 is 0 Å². The van der Waals surface area contributed by atoms with Crippen LogP contribution in [0.1, 0.15) is 47.6 Å². The lowest BCUT2D eigenvalue weighted by atomic mass is 9.88. The van der Waals surface area contributed by atoms with E-state index < -0.39 is 0 Å². The fourth-order valence-electron chi connectivity index (χ4n) is 3.12. The van der Waals surface area contributed by atoms with Gasteiger partial charge in [0.2, 0.25) is 0 Å². The van der Waals surface area contributed by atoms with Gasteiger partial charge in [0.1, 0.15) is 0 Å². The Bertz CT molecular complexity index is 559. The highest BCUT2D eigenvalue weighted by Gasteiger charge is 2.12. The molecule has 2 aromatic rings. The van der Waals surface area contributed by atoms with Crippen LogP contribution < -0.4 is 5.73 Å². The molecule has 104 valence electrons. The zero-order chi connectivity index (χ0) is 13.8. The molecule has 0 saturated carbocycles. The van der Waals surface area contributed by atoms with Crippen LogP contribution in [0.5, 0.6) is 0 Å². The molecule has 0 saturated heterocycles. The molecule has 0 fully saturated rings. The summed E-state index contributed by atoms with van der Waals surface area (Å²) in [7, 11) is 0. The van der Waals surface area contributed by atoms with Gasteiger partial charge in [-0.2, -0.15) is 0 Å². The average Bonchev–Trinajstić information content (AvgIpc) is 2.53. The van der Waals surface area contributed by atoms with E-state index in [2.05, 4.69) is 48.5 Å². The summed E-state index contributed by atoms with van der Waals surface area (Å²) in [6.07, 6.45) is 7.22. The fourth-order valence-corrected chi connectivity index (χ4v) is 3.12. The molecule has 1 atom stereocenters. The van der Waals surface area contributed by atoms with Crippen molar-refractivity contribution < 1.29 is 0 Å². The van der Waals surface area contributed by atoms with Crippen LogP contribution in [0.2, 0.25) is 0 Å². The van der Waals surface area contributed by atoms with Crippen LogP contribution in [0.3, 0.4) is 0 Å². The van der Waals surface area contributed by atoms with Crippen LogP contribution in [-0.4, -0.2) is 0 Å². The molecule has 0 radical (unpaired) electrons. The Morgan fingerprint density at radius 2 is 1.65 bits per heavy atom. The quantitative estimate of drug-likeness (QED) is 0.881. The molecule has 0 aromatic heterocycles. The van der Waals surface area contributed by atoms with E-state index in [1.165, 1.54) is 47.9 Å². The van der Waals surface area contributed by atoms with Gasteiger partial charge in [0.25, 0.3) is 0 Å². The highest BCUT2D eigenvalue weighted by Crippen LogP contribution is 2.25. The minimum Gasteiger partial charge on any atom is -0.324 e. The van der Waals surface area contributed by atoms with E-state index in [1.807, 2.05) is 0 Å². The van der Waals surface area contributed by atoms with E-state index in [1.54, 1.807) is 0 Å². The highest BCUT2D eigenvalue weighted by atomic mass is 14.6. The third kappa shape index (κ3) is 3.10. The van der Waals surface area contributed by atoms with Crippen LogP contribution in [0.15, 0.2) is 48.5 Å². The van der Waals surface area contributed by atoms with Crippen molar-refractivity contribution in [3.8, 4) is 0 Å². The molecule has 1 heteroatoms. The van der Waals surface area contributed by atoms with E-state index in [4.69, 9.17) is 5.73 Å². The summed E-state index contributed by atoms with van der Waals surface area (Å²) >= 11 is 0. The molecule has 0 spiro atoms. The molecular formula is C19H23N. The monoisotopic (exact) mass is 265 g/mol. The smallest absolute Gasteiger partial charge is 0.0298 e. The van der Waals surface area contributed by atoms with Crippen LogP contribution in [-0.2, 0) is 19.3 Å². The second-order valence-electron chi connectivity index (χ2n) is 5.87. The second-order valence-corrected chi connectivity index (χ2v) is 5.87. The van der Waals surface area contributed by atoms with Crippen LogP contribution in [0.25, 0.3) is 0 Å². The van der Waals surface area contributed by atoms with Crippen molar-refractivity contribution in [1.29, 1.82) is 0 Å². The van der Waals surface area contributed by atoms with Gasteiger partial charge in [-0.25, -0.2) is 0 Å². The zero-order valence-corrected chi connectivity index (χ0v) is 12.0. The number of fused-ring (bicyclic) bond motifs is 1. The Morgan fingerprint density at radius 1 is 0.900 bits per heavy atom. The van der Waals surface area contributed by atoms with E-state index in [-0.39, 0.29) is 6.04 Å². The van der Waals surface area contributed by atoms with Crippen molar-refractivity contribution in [2.75, 3.05) is 0 Å². The minimum absolute atomic E-state index is 0.155. The predicted molar refractivity (Wildman–Crippen MR) is 84.8 cm³/mol. The number of rotatable bonds is 4. The normalized spacial score (nSPS) is 15.7. The van der Waals surface area contributed by atoms with Gasteiger partial charge in [0.05, 0.1) is 0 Å². The van der Waals surface area contributed by atoms with Gasteiger partial charge in [0.15, 0.2) is 0 Å². The predicted octanol–water partition coefficient (Wildman–Crippen LogP) is 4.20. The van der Waals surface area contributed by atoms with Gasteiger partial charge in [-0.1, -0.05) is 48.5 Å². The van der Waals surface area contributed by atoms with Gasteiger partial charge in [-0.15, -0.1) is 0 Å². The van der Waals surface area contributed by atoms with Gasteiger partial charge < -0.3 is 5.73 Å². The highest BCUT2D eigenvalue weighted by molar-refractivity contribution is 5.35. The lowest BCUT2D eigenvalue weighted by molar-refractivity contribution is 0.642. The number of benzene rings is 2. The molecule has 3 rings (SSSR count). The topological polar surface area (TPSA) is 26.0 Å². The first-order chi connectivity index (χ1) is 9.83. The molecule has 1 nitrogen and oxygen atoms in total. The Labute approximate surface area is 121 Å². The molecule has 0 amide bonds. The van der Waals surface area contributed by atoms with Crippen molar-refractivity contribution in [2.45, 2.75) is 44.6 Å². The fraction of sp³-hybridized carbons (Fsp3) is 0.368. The Morgan fingerprint density at radius 3 is 2.45 bits per heavy atom. The van der Waals surface area contributed by atoms with Crippen LogP contribution >= 0.6 is 0 Å². The third-order valence-electron chi connectivity index (χ3n) is 4.39. The molecule has 1 unspecified atom stereocenters. The molecule has 20 heavy (non-hydrogen) atoms. The van der Waals surface area contributed by atoms with Crippen molar-refractivity contribution in [3.63, 3.8) is 0 Å². The third-order valence-corrected chi connectivity index (χ3v) is 4.39. The lowest BCUT2D eigenvalue weighted by Gasteiger charge is -2.19. The molecule has 1 aliphatic rings. The zero-order valence-electron chi connectivity index (χ0n) is 12.0. The van der Waals surface area contributed by atoms with Crippen LogP contribution in [0.4, 0.5) is 0 Å². The summed E-state index contributed by atoms with van der Waals surface area (Å²) in [4.78, 5) is 0. The number of aryl methyl sites for hydroxylation is 3. The number of nitrogens with two attached hydrogens (primary N) is 1. The summed E-state index contributed by atoms with van der Waals surface area (Å²) in [5.74, 6) is 0. The average molecular weight is 265 g/mol. The summed E-state index contributed by atoms with van der Waals surface area (Å²) in [5.41, 5.74) is 12.1. The summed E-state index contributed by atoms with van der Waals surface area (Å²) in [6.45, 7) is 0. The maximum Gasteiger partial charge on any atom is 0.0298 e. The van der Waals surface area contributed by atoms with Gasteiger partial charge >= 0.3 is 0 Å². The number of hydrogen-bond donors (Lipinski definition) is 1. The Hall–Kier alpha value is -1.60. The Kier molecular flexibility index (Phi) is 4.17. The first kappa shape index (κ1) is 13.4. The first-order valence-corrected chi connectivity index (χ1v) is 7.74. The van der Waals surface area contributed by atoms with Crippen molar-refractivity contribution in [3.05, 3.63) is 70.8 Å². The molecule has 0 aliphatic heterocycles. The first-order valence-electron chi connectivity index (χ1n) is 7.74. The van der Waals surface area contributed by atoms with Gasteiger partial charge in [0, 0.05) is 6.04 Å². The molecule has 2 aromatic carbocycles. The van der Waals surface area contributed by atoms with Crippen molar-refractivity contribution in [2.24, 2.45) is 5.73 Å². The standard InChI is InChI=1S/C19H23N/c20-19(13-10-15-6-2-1-3-7-15)18-12-11-16-8-4-5-9-17(16)14-18/h1-3,6-7,11-12,14,19H,4-5,8-10,13,20H2. The second kappa shape index (κ2) is 6.23. The van der Waals surface area contributed by atoms with Crippen LogP contribution in [0, 0.1) is 0 Å². The van der Waals surface area contributed by atoms with E-state index >= 15 is 0 Å². The molecule has 0 heterocycles. The molecule has 2 N–H and O–H groups in total. The lowest BCUT2D eigenvalue weighted by Crippen LogP contribution is -2.13. The van der Waals surface area contributed by atoms with E-state index in [0.717, 1.165) is 12.8 Å². The largest absolute Gasteiger partial charge is 0.324 e. The Balaban J connectivity index is 1.66. The van der Waals surface area contributed by atoms with Crippen molar-refractivity contribution in [1.82, 2.24) is 0 Å². The van der Waals surface area contributed by atoms with Gasteiger partial charge in [-0.3, -0.25) is 0 Å². The maximum absolute atomic E-state index is 6.38. The summed E-state index contributed by atoms with van der Waals surface area (Å²) in [5, 5.41) is 0. The minimum atomic E-state index is 0.155. The summed E-state index contributed by atoms with van der Waals surface area (Å²) in [6, 6.07) is 17.7. The van der Waals surface area contributed by atoms with Gasteiger partial charge in [-0.05, 0) is 60.8 Å². The molecule has 0 bridgehead atoms. The number of hydrogen-bond acceptors (Lipinski definition) is 1. The van der Waals surface area contributed by atoms with E-state index in [0.29, 0.717) is 0 Å². The molecule has 1 aliphatic carbocycles.